The Morgan fingerprint density at radius 1 is 1.29 bits per heavy atom. The Labute approximate surface area is 101 Å². The van der Waals surface area contributed by atoms with E-state index < -0.39 is 5.82 Å². The SMILES string of the molecule is COCCNC(C)C(C)c1cc(F)ccc1F. The van der Waals surface area contributed by atoms with Crippen molar-refractivity contribution in [2.24, 2.45) is 0 Å². The lowest BCUT2D eigenvalue weighted by Crippen LogP contribution is -2.33. The van der Waals surface area contributed by atoms with Crippen LogP contribution in [-0.2, 0) is 4.74 Å². The van der Waals surface area contributed by atoms with Gasteiger partial charge < -0.3 is 10.1 Å². The van der Waals surface area contributed by atoms with E-state index in [-0.39, 0.29) is 17.8 Å². The first-order chi connectivity index (χ1) is 8.06. The molecule has 0 aromatic heterocycles. The molecule has 2 nitrogen and oxygen atoms in total. The van der Waals surface area contributed by atoms with E-state index in [9.17, 15) is 8.78 Å². The Morgan fingerprint density at radius 3 is 2.65 bits per heavy atom. The molecule has 96 valence electrons. The van der Waals surface area contributed by atoms with E-state index in [0.717, 1.165) is 6.07 Å². The van der Waals surface area contributed by atoms with Crippen molar-refractivity contribution >= 4 is 0 Å². The van der Waals surface area contributed by atoms with Gasteiger partial charge in [0.15, 0.2) is 0 Å². The van der Waals surface area contributed by atoms with Crippen molar-refractivity contribution in [3.63, 3.8) is 0 Å². The van der Waals surface area contributed by atoms with Crippen LogP contribution in [0, 0.1) is 11.6 Å². The van der Waals surface area contributed by atoms with Gasteiger partial charge in [-0.25, -0.2) is 8.78 Å². The highest BCUT2D eigenvalue weighted by Crippen LogP contribution is 2.22. The van der Waals surface area contributed by atoms with Gasteiger partial charge in [-0.05, 0) is 36.6 Å². The van der Waals surface area contributed by atoms with E-state index >= 15 is 0 Å². The Morgan fingerprint density at radius 2 is 2.00 bits per heavy atom. The van der Waals surface area contributed by atoms with Gasteiger partial charge in [-0.1, -0.05) is 6.92 Å². The zero-order valence-corrected chi connectivity index (χ0v) is 10.5. The number of methoxy groups -OCH3 is 1. The van der Waals surface area contributed by atoms with Crippen molar-refractivity contribution < 1.29 is 13.5 Å². The molecule has 0 aliphatic heterocycles. The first kappa shape index (κ1) is 14.1. The summed E-state index contributed by atoms with van der Waals surface area (Å²) in [6, 6.07) is 3.62. The monoisotopic (exact) mass is 243 g/mol. The number of hydrogen-bond acceptors (Lipinski definition) is 2. The zero-order valence-electron chi connectivity index (χ0n) is 10.5. The second kappa shape index (κ2) is 6.67. The first-order valence-electron chi connectivity index (χ1n) is 5.73. The Balaban J connectivity index is 2.67. The maximum Gasteiger partial charge on any atom is 0.126 e. The lowest BCUT2D eigenvalue weighted by Gasteiger charge is -2.22. The smallest absolute Gasteiger partial charge is 0.126 e. The highest BCUT2D eigenvalue weighted by atomic mass is 19.1. The molecule has 0 saturated carbocycles. The third-order valence-electron chi connectivity index (χ3n) is 2.97. The number of benzene rings is 1. The van der Waals surface area contributed by atoms with Crippen molar-refractivity contribution in [2.75, 3.05) is 20.3 Å². The van der Waals surface area contributed by atoms with Crippen LogP contribution in [0.4, 0.5) is 8.78 Å². The molecule has 0 saturated heterocycles. The summed E-state index contributed by atoms with van der Waals surface area (Å²) in [5.41, 5.74) is 0.405. The summed E-state index contributed by atoms with van der Waals surface area (Å²) in [5, 5.41) is 3.21. The van der Waals surface area contributed by atoms with Crippen LogP contribution in [0.25, 0.3) is 0 Å². The summed E-state index contributed by atoms with van der Waals surface area (Å²) in [4.78, 5) is 0. The van der Waals surface area contributed by atoms with Gasteiger partial charge in [-0.3, -0.25) is 0 Å². The van der Waals surface area contributed by atoms with Crippen LogP contribution >= 0.6 is 0 Å². The summed E-state index contributed by atoms with van der Waals surface area (Å²) < 4.78 is 31.5. The summed E-state index contributed by atoms with van der Waals surface area (Å²) in [6.45, 7) is 5.12. The van der Waals surface area contributed by atoms with Crippen LogP contribution in [0.2, 0.25) is 0 Å². The number of halogens is 2. The van der Waals surface area contributed by atoms with E-state index in [0.29, 0.717) is 18.7 Å². The van der Waals surface area contributed by atoms with Crippen LogP contribution in [0.5, 0.6) is 0 Å². The molecule has 0 fully saturated rings. The van der Waals surface area contributed by atoms with Crippen molar-refractivity contribution in [1.82, 2.24) is 5.32 Å². The van der Waals surface area contributed by atoms with Crippen molar-refractivity contribution in [2.45, 2.75) is 25.8 Å². The lowest BCUT2D eigenvalue weighted by molar-refractivity contribution is 0.195. The van der Waals surface area contributed by atoms with Crippen LogP contribution in [0.3, 0.4) is 0 Å². The van der Waals surface area contributed by atoms with Crippen molar-refractivity contribution in [3.8, 4) is 0 Å². The summed E-state index contributed by atoms with van der Waals surface area (Å²) in [6.07, 6.45) is 0. The van der Waals surface area contributed by atoms with Gasteiger partial charge in [-0.2, -0.15) is 0 Å². The predicted octanol–water partition coefficient (Wildman–Crippen LogP) is 2.69. The molecule has 0 aliphatic carbocycles. The standard InChI is InChI=1S/C13H19F2NO/c1-9(10(2)16-6-7-17-3)12-8-11(14)4-5-13(12)15/h4-5,8-10,16H,6-7H2,1-3H3. The molecule has 1 aromatic carbocycles. The van der Waals surface area contributed by atoms with Gasteiger partial charge in [0.25, 0.3) is 0 Å². The molecule has 0 aliphatic rings. The van der Waals surface area contributed by atoms with E-state index in [4.69, 9.17) is 4.74 Å². The molecule has 0 bridgehead atoms. The molecule has 0 spiro atoms. The molecule has 2 unspecified atom stereocenters. The minimum absolute atomic E-state index is 0.0569. The first-order valence-corrected chi connectivity index (χ1v) is 5.73. The molecule has 4 heteroatoms. The molecular formula is C13H19F2NO. The lowest BCUT2D eigenvalue weighted by atomic mass is 9.94. The fourth-order valence-corrected chi connectivity index (χ4v) is 1.70. The fourth-order valence-electron chi connectivity index (χ4n) is 1.70. The second-order valence-electron chi connectivity index (χ2n) is 4.19. The number of ether oxygens (including phenoxy) is 1. The van der Waals surface area contributed by atoms with Gasteiger partial charge in [0.05, 0.1) is 6.61 Å². The minimum atomic E-state index is -0.405. The van der Waals surface area contributed by atoms with Gasteiger partial charge in [0.1, 0.15) is 11.6 Å². The summed E-state index contributed by atoms with van der Waals surface area (Å²) >= 11 is 0. The topological polar surface area (TPSA) is 21.3 Å². The van der Waals surface area contributed by atoms with Gasteiger partial charge in [0, 0.05) is 19.7 Å². The molecule has 17 heavy (non-hydrogen) atoms. The Hall–Kier alpha value is -1.00. The van der Waals surface area contributed by atoms with E-state index in [2.05, 4.69) is 5.32 Å². The Bertz CT molecular complexity index is 357. The average Bonchev–Trinajstić information content (AvgIpc) is 2.31. The number of rotatable bonds is 6. The fraction of sp³-hybridized carbons (Fsp3) is 0.538. The maximum absolute atomic E-state index is 13.5. The highest BCUT2D eigenvalue weighted by molar-refractivity contribution is 5.23. The second-order valence-corrected chi connectivity index (χ2v) is 4.19. The quantitative estimate of drug-likeness (QED) is 0.776. The molecule has 0 heterocycles. The molecule has 1 rings (SSSR count). The van der Waals surface area contributed by atoms with Crippen LogP contribution in [0.15, 0.2) is 18.2 Å². The maximum atomic E-state index is 13.5. The largest absolute Gasteiger partial charge is 0.383 e. The third kappa shape index (κ3) is 4.06. The molecule has 2 atom stereocenters. The van der Waals surface area contributed by atoms with Crippen LogP contribution in [0.1, 0.15) is 25.3 Å². The van der Waals surface area contributed by atoms with Gasteiger partial charge >= 0.3 is 0 Å². The molecule has 0 radical (unpaired) electrons. The van der Waals surface area contributed by atoms with E-state index in [1.54, 1.807) is 7.11 Å². The number of nitrogens with one attached hydrogen (secondary N) is 1. The van der Waals surface area contributed by atoms with Crippen molar-refractivity contribution in [3.05, 3.63) is 35.4 Å². The van der Waals surface area contributed by atoms with Crippen LogP contribution in [-0.4, -0.2) is 26.3 Å². The zero-order chi connectivity index (χ0) is 12.8. The van der Waals surface area contributed by atoms with Crippen LogP contribution < -0.4 is 5.32 Å². The number of hydrogen-bond donors (Lipinski definition) is 1. The molecule has 1 N–H and O–H groups in total. The van der Waals surface area contributed by atoms with E-state index in [1.165, 1.54) is 12.1 Å². The molecule has 1 aromatic rings. The average molecular weight is 243 g/mol. The van der Waals surface area contributed by atoms with Gasteiger partial charge in [-0.15, -0.1) is 0 Å². The van der Waals surface area contributed by atoms with E-state index in [1.807, 2.05) is 13.8 Å². The van der Waals surface area contributed by atoms with Crippen molar-refractivity contribution in [1.29, 1.82) is 0 Å². The summed E-state index contributed by atoms with van der Waals surface area (Å²) in [7, 11) is 1.63. The minimum Gasteiger partial charge on any atom is -0.383 e. The molecule has 0 amide bonds. The Kier molecular flexibility index (Phi) is 5.51. The van der Waals surface area contributed by atoms with Gasteiger partial charge in [0.2, 0.25) is 0 Å². The highest BCUT2D eigenvalue weighted by Gasteiger charge is 2.17. The normalized spacial score (nSPS) is 14.6. The molecular weight excluding hydrogens is 224 g/mol. The predicted molar refractivity (Wildman–Crippen MR) is 64.1 cm³/mol. The summed E-state index contributed by atoms with van der Waals surface area (Å²) in [5.74, 6) is -0.862. The third-order valence-corrected chi connectivity index (χ3v) is 2.97.